The highest BCUT2D eigenvalue weighted by Gasteiger charge is 2.18. The molecule has 1 aromatic carbocycles. The minimum atomic E-state index is -0.532. The van der Waals surface area contributed by atoms with Crippen LogP contribution in [0.3, 0.4) is 0 Å². The summed E-state index contributed by atoms with van der Waals surface area (Å²) in [5.41, 5.74) is 3.33. The molecule has 1 aromatic heterocycles. The number of aryl methyl sites for hydroxylation is 2. The quantitative estimate of drug-likeness (QED) is 0.897. The van der Waals surface area contributed by atoms with Crippen LogP contribution in [0.1, 0.15) is 42.7 Å². The summed E-state index contributed by atoms with van der Waals surface area (Å²) in [6, 6.07) is 8.07. The van der Waals surface area contributed by atoms with Crippen molar-refractivity contribution in [2.24, 2.45) is 0 Å². The Labute approximate surface area is 108 Å². The van der Waals surface area contributed by atoms with Crippen molar-refractivity contribution >= 4 is 0 Å². The molecule has 1 N–H and O–H groups in total. The van der Waals surface area contributed by atoms with Gasteiger partial charge in [-0.2, -0.15) is 5.10 Å². The zero-order chi connectivity index (χ0) is 13.1. The summed E-state index contributed by atoms with van der Waals surface area (Å²) in [6.07, 6.45) is 4.25. The Kier molecular flexibility index (Phi) is 3.82. The molecule has 2 unspecified atom stereocenters. The Morgan fingerprint density at radius 1 is 1.28 bits per heavy atom. The number of nitrogens with zero attached hydrogens (tertiary/aromatic N) is 2. The van der Waals surface area contributed by atoms with Crippen molar-refractivity contribution in [1.82, 2.24) is 9.78 Å². The number of rotatable bonds is 4. The molecular weight excluding hydrogens is 224 g/mol. The maximum absolute atomic E-state index is 10.4. The van der Waals surface area contributed by atoms with Crippen LogP contribution in [0.25, 0.3) is 0 Å². The summed E-state index contributed by atoms with van der Waals surface area (Å²) >= 11 is 0. The largest absolute Gasteiger partial charge is 0.386 e. The fraction of sp³-hybridized carbons (Fsp3) is 0.400. The molecule has 0 aliphatic rings. The summed E-state index contributed by atoms with van der Waals surface area (Å²) in [6.45, 7) is 6.10. The minimum absolute atomic E-state index is 0.0637. The van der Waals surface area contributed by atoms with Gasteiger partial charge in [-0.15, -0.1) is 0 Å². The van der Waals surface area contributed by atoms with E-state index >= 15 is 0 Å². The lowest BCUT2D eigenvalue weighted by atomic mass is 10.0. The van der Waals surface area contributed by atoms with Crippen LogP contribution < -0.4 is 0 Å². The van der Waals surface area contributed by atoms with Crippen LogP contribution in [0, 0.1) is 6.92 Å². The smallest absolute Gasteiger partial charge is 0.101 e. The van der Waals surface area contributed by atoms with E-state index in [1.807, 2.05) is 43.1 Å². The molecule has 96 valence electrons. The van der Waals surface area contributed by atoms with Crippen LogP contribution in [0.5, 0.6) is 0 Å². The first-order valence-electron chi connectivity index (χ1n) is 6.39. The van der Waals surface area contributed by atoms with Gasteiger partial charge in [-0.25, -0.2) is 0 Å². The molecule has 3 nitrogen and oxygen atoms in total. The first kappa shape index (κ1) is 12.8. The van der Waals surface area contributed by atoms with Gasteiger partial charge >= 0.3 is 0 Å². The molecule has 2 atom stereocenters. The van der Waals surface area contributed by atoms with E-state index < -0.39 is 6.10 Å². The van der Waals surface area contributed by atoms with Crippen molar-refractivity contribution in [2.45, 2.75) is 39.3 Å². The van der Waals surface area contributed by atoms with E-state index in [0.29, 0.717) is 0 Å². The number of aliphatic hydroxyl groups is 1. The van der Waals surface area contributed by atoms with Gasteiger partial charge in [0.1, 0.15) is 6.10 Å². The van der Waals surface area contributed by atoms with Crippen molar-refractivity contribution in [3.8, 4) is 0 Å². The maximum Gasteiger partial charge on any atom is 0.101 e. The third-order valence-corrected chi connectivity index (χ3v) is 3.33. The molecule has 0 radical (unpaired) electrons. The first-order chi connectivity index (χ1) is 8.61. The minimum Gasteiger partial charge on any atom is -0.386 e. The van der Waals surface area contributed by atoms with Gasteiger partial charge in [-0.05, 0) is 37.0 Å². The van der Waals surface area contributed by atoms with Crippen LogP contribution in [-0.4, -0.2) is 14.9 Å². The fourth-order valence-corrected chi connectivity index (χ4v) is 2.03. The molecule has 2 aromatic rings. The highest BCUT2D eigenvalue weighted by Crippen LogP contribution is 2.25. The zero-order valence-corrected chi connectivity index (χ0v) is 11.2. The summed E-state index contributed by atoms with van der Waals surface area (Å²) in [7, 11) is 0. The topological polar surface area (TPSA) is 38.0 Å². The summed E-state index contributed by atoms with van der Waals surface area (Å²) in [4.78, 5) is 0. The van der Waals surface area contributed by atoms with Crippen LogP contribution in [0.2, 0.25) is 0 Å². The molecule has 0 saturated carbocycles. The van der Waals surface area contributed by atoms with E-state index in [-0.39, 0.29) is 6.04 Å². The zero-order valence-electron chi connectivity index (χ0n) is 11.2. The second-order valence-corrected chi connectivity index (χ2v) is 4.78. The lowest BCUT2D eigenvalue weighted by Gasteiger charge is -2.20. The van der Waals surface area contributed by atoms with Crippen molar-refractivity contribution < 1.29 is 5.11 Å². The van der Waals surface area contributed by atoms with Gasteiger partial charge in [0.2, 0.25) is 0 Å². The van der Waals surface area contributed by atoms with Crippen molar-refractivity contribution in [3.05, 3.63) is 53.3 Å². The number of hydrogen-bond donors (Lipinski definition) is 1. The highest BCUT2D eigenvalue weighted by molar-refractivity contribution is 5.24. The molecule has 0 bridgehead atoms. The van der Waals surface area contributed by atoms with Crippen LogP contribution in [-0.2, 0) is 6.42 Å². The SMILES string of the molecule is CCc1ccc(C(O)C(C)n2cc(C)cn2)cc1. The van der Waals surface area contributed by atoms with E-state index in [0.717, 1.165) is 17.5 Å². The summed E-state index contributed by atoms with van der Waals surface area (Å²) in [5.74, 6) is 0. The number of benzene rings is 1. The van der Waals surface area contributed by atoms with Gasteiger partial charge in [0.05, 0.1) is 12.2 Å². The van der Waals surface area contributed by atoms with Gasteiger partial charge in [0.15, 0.2) is 0 Å². The molecule has 18 heavy (non-hydrogen) atoms. The van der Waals surface area contributed by atoms with Crippen molar-refractivity contribution in [1.29, 1.82) is 0 Å². The molecule has 0 aliphatic carbocycles. The Morgan fingerprint density at radius 2 is 1.94 bits per heavy atom. The first-order valence-corrected chi connectivity index (χ1v) is 6.39. The number of aromatic nitrogens is 2. The summed E-state index contributed by atoms with van der Waals surface area (Å²) < 4.78 is 1.81. The average Bonchev–Trinajstić information content (AvgIpc) is 2.84. The molecule has 0 fully saturated rings. The Bertz CT molecular complexity index is 501. The van der Waals surface area contributed by atoms with E-state index in [1.54, 1.807) is 0 Å². The van der Waals surface area contributed by atoms with Crippen LogP contribution in [0.4, 0.5) is 0 Å². The van der Waals surface area contributed by atoms with Gasteiger partial charge in [-0.1, -0.05) is 31.2 Å². The van der Waals surface area contributed by atoms with E-state index in [9.17, 15) is 5.11 Å². The molecule has 0 saturated heterocycles. The fourth-order valence-electron chi connectivity index (χ4n) is 2.03. The van der Waals surface area contributed by atoms with Crippen molar-refractivity contribution in [2.75, 3.05) is 0 Å². The Morgan fingerprint density at radius 3 is 2.44 bits per heavy atom. The highest BCUT2D eigenvalue weighted by atomic mass is 16.3. The van der Waals surface area contributed by atoms with Gasteiger partial charge < -0.3 is 5.11 Å². The predicted molar refractivity (Wildman–Crippen MR) is 72.5 cm³/mol. The van der Waals surface area contributed by atoms with E-state index in [4.69, 9.17) is 0 Å². The molecule has 0 aliphatic heterocycles. The number of hydrogen-bond acceptors (Lipinski definition) is 2. The van der Waals surface area contributed by atoms with Crippen LogP contribution in [0.15, 0.2) is 36.7 Å². The van der Waals surface area contributed by atoms with Crippen LogP contribution >= 0.6 is 0 Å². The molecule has 3 heteroatoms. The van der Waals surface area contributed by atoms with E-state index in [1.165, 1.54) is 5.56 Å². The third-order valence-electron chi connectivity index (χ3n) is 3.33. The van der Waals surface area contributed by atoms with E-state index in [2.05, 4.69) is 24.2 Å². The van der Waals surface area contributed by atoms with Gasteiger partial charge in [0, 0.05) is 6.20 Å². The molecule has 0 spiro atoms. The van der Waals surface area contributed by atoms with Gasteiger partial charge in [0.25, 0.3) is 0 Å². The average molecular weight is 244 g/mol. The number of aliphatic hydroxyl groups excluding tert-OH is 1. The van der Waals surface area contributed by atoms with Crippen molar-refractivity contribution in [3.63, 3.8) is 0 Å². The predicted octanol–water partition coefficient (Wildman–Crippen LogP) is 3.05. The maximum atomic E-state index is 10.4. The Hall–Kier alpha value is -1.61. The Balaban J connectivity index is 2.16. The lowest BCUT2D eigenvalue weighted by molar-refractivity contribution is 0.115. The van der Waals surface area contributed by atoms with Gasteiger partial charge in [-0.3, -0.25) is 4.68 Å². The standard InChI is InChI=1S/C15H20N2O/c1-4-13-5-7-14(8-6-13)15(18)12(3)17-10-11(2)9-16-17/h5-10,12,15,18H,4H2,1-3H3. The molecule has 0 amide bonds. The molecule has 1 heterocycles. The monoisotopic (exact) mass is 244 g/mol. The third kappa shape index (κ3) is 2.62. The molecule has 2 rings (SSSR count). The molecular formula is C15H20N2O. The second kappa shape index (κ2) is 5.36. The second-order valence-electron chi connectivity index (χ2n) is 4.78. The normalized spacial score (nSPS) is 14.4. The summed E-state index contributed by atoms with van der Waals surface area (Å²) in [5, 5.41) is 14.6. The lowest BCUT2D eigenvalue weighted by Crippen LogP contribution is -2.15.